The van der Waals surface area contributed by atoms with E-state index in [0.29, 0.717) is 17.9 Å². The summed E-state index contributed by atoms with van der Waals surface area (Å²) >= 11 is 0. The average Bonchev–Trinajstić information content (AvgIpc) is 2.66. The second kappa shape index (κ2) is 7.08. The number of esters is 1. The minimum atomic E-state index is -0.306. The largest absolute Gasteiger partial charge is 0.462 e. The van der Waals surface area contributed by atoms with Gasteiger partial charge in [0.25, 0.3) is 0 Å². The maximum Gasteiger partial charge on any atom is 0.338 e. The van der Waals surface area contributed by atoms with Gasteiger partial charge in [-0.3, -0.25) is 0 Å². The Balaban J connectivity index is 1.39. The Labute approximate surface area is 159 Å². The molecule has 1 aromatic rings. The Hall–Kier alpha value is -2.79. The third kappa shape index (κ3) is 3.69. The van der Waals surface area contributed by atoms with Gasteiger partial charge in [-0.2, -0.15) is 10.5 Å². The summed E-state index contributed by atoms with van der Waals surface area (Å²) < 4.78 is 5.75. The first-order chi connectivity index (χ1) is 13.1. The molecule has 1 N–H and O–H groups in total. The summed E-state index contributed by atoms with van der Waals surface area (Å²) in [5.41, 5.74) is 1.30. The molecule has 0 aromatic heterocycles. The summed E-state index contributed by atoms with van der Waals surface area (Å²) in [6, 6.07) is 10.5. The van der Waals surface area contributed by atoms with Gasteiger partial charge in [0, 0.05) is 17.3 Å². The number of hydrogen-bond donors (Lipinski definition) is 1. The fraction of sp³-hybridized carbons (Fsp3) is 0.500. The highest BCUT2D eigenvalue weighted by atomic mass is 16.5. The topological polar surface area (TPSA) is 85.9 Å². The van der Waals surface area contributed by atoms with Gasteiger partial charge in [-0.25, -0.2) is 4.79 Å². The molecule has 4 aliphatic carbocycles. The third-order valence-corrected chi connectivity index (χ3v) is 6.40. The second-order valence-electron chi connectivity index (χ2n) is 8.50. The Morgan fingerprint density at radius 1 is 1.15 bits per heavy atom. The lowest BCUT2D eigenvalue weighted by molar-refractivity contribution is -0.0848. The van der Waals surface area contributed by atoms with Gasteiger partial charge in [0.1, 0.15) is 17.7 Å². The zero-order chi connectivity index (χ0) is 18.9. The molecule has 4 fully saturated rings. The van der Waals surface area contributed by atoms with E-state index < -0.39 is 0 Å². The van der Waals surface area contributed by atoms with Crippen molar-refractivity contribution in [2.75, 3.05) is 11.9 Å². The summed E-state index contributed by atoms with van der Waals surface area (Å²) in [4.78, 5) is 12.6. The van der Waals surface area contributed by atoms with Crippen molar-refractivity contribution in [3.8, 4) is 12.1 Å². The number of nitrogens with zero attached hydrogens (tertiary/aromatic N) is 2. The predicted octanol–water partition coefficient (Wildman–Crippen LogP) is 4.40. The molecule has 138 valence electrons. The molecule has 5 nitrogen and oxygen atoms in total. The van der Waals surface area contributed by atoms with E-state index in [-0.39, 0.29) is 17.0 Å². The second-order valence-corrected chi connectivity index (χ2v) is 8.50. The molecule has 0 unspecified atom stereocenters. The van der Waals surface area contributed by atoms with Gasteiger partial charge in [0.15, 0.2) is 0 Å². The van der Waals surface area contributed by atoms with Crippen LogP contribution < -0.4 is 5.32 Å². The van der Waals surface area contributed by atoms with E-state index in [1.165, 1.54) is 44.7 Å². The Morgan fingerprint density at radius 2 is 1.78 bits per heavy atom. The van der Waals surface area contributed by atoms with E-state index in [1.54, 1.807) is 36.4 Å². The van der Waals surface area contributed by atoms with Gasteiger partial charge < -0.3 is 10.1 Å². The number of benzene rings is 1. The molecule has 27 heavy (non-hydrogen) atoms. The zero-order valence-electron chi connectivity index (χ0n) is 15.3. The smallest absolute Gasteiger partial charge is 0.338 e. The first kappa shape index (κ1) is 17.6. The van der Waals surface area contributed by atoms with E-state index in [4.69, 9.17) is 15.3 Å². The molecule has 1 aromatic carbocycles. The number of carbonyl (C=O) groups is 1. The molecule has 0 aliphatic heterocycles. The maximum absolute atomic E-state index is 12.6. The molecule has 4 aliphatic rings. The fourth-order valence-corrected chi connectivity index (χ4v) is 5.75. The number of ether oxygens (including phenoxy) is 1. The van der Waals surface area contributed by atoms with Gasteiger partial charge in [-0.05, 0) is 74.5 Å². The standard InChI is InChI=1S/C22H23N3O2/c23-11-18(12-24)13-25-20-3-1-2-19(7-20)21(26)27-14-22-8-15-4-16(9-22)6-17(5-15)10-22/h1-3,7,13,15-17,25H,4-6,8-10,14H2. The quantitative estimate of drug-likeness (QED) is 0.620. The number of anilines is 1. The first-order valence-electron chi connectivity index (χ1n) is 9.63. The normalized spacial score (nSPS) is 30.1. The number of hydrogen-bond acceptors (Lipinski definition) is 5. The van der Waals surface area contributed by atoms with Crippen LogP contribution in [0.1, 0.15) is 48.9 Å². The van der Waals surface area contributed by atoms with Crippen LogP contribution in [0.2, 0.25) is 0 Å². The molecule has 0 heterocycles. The molecule has 5 heteroatoms. The molecular formula is C22H23N3O2. The molecule has 0 radical (unpaired) electrons. The van der Waals surface area contributed by atoms with Crippen molar-refractivity contribution in [1.82, 2.24) is 0 Å². The van der Waals surface area contributed by atoms with Crippen molar-refractivity contribution in [2.45, 2.75) is 38.5 Å². The summed E-state index contributed by atoms with van der Waals surface area (Å²) in [5.74, 6) is 2.20. The number of rotatable bonds is 5. The summed E-state index contributed by atoms with van der Waals surface area (Å²) in [5, 5.41) is 20.4. The van der Waals surface area contributed by atoms with Crippen molar-refractivity contribution < 1.29 is 9.53 Å². The van der Waals surface area contributed by atoms with Crippen LogP contribution in [0.15, 0.2) is 36.0 Å². The summed E-state index contributed by atoms with van der Waals surface area (Å²) in [6.45, 7) is 0.528. The average molecular weight is 361 g/mol. The molecule has 0 amide bonds. The lowest BCUT2D eigenvalue weighted by atomic mass is 9.50. The van der Waals surface area contributed by atoms with Gasteiger partial charge in [0.05, 0.1) is 12.2 Å². The number of nitrogens with one attached hydrogen (secondary N) is 1. The first-order valence-corrected chi connectivity index (χ1v) is 9.63. The Kier molecular flexibility index (Phi) is 4.62. The SMILES string of the molecule is N#CC(C#N)=CNc1cccc(C(=O)OCC23CC4CC(CC(C4)C2)C3)c1. The van der Waals surface area contributed by atoms with Crippen LogP contribution in [0.4, 0.5) is 5.69 Å². The lowest BCUT2D eigenvalue weighted by Gasteiger charge is -2.56. The van der Waals surface area contributed by atoms with E-state index in [1.807, 2.05) is 0 Å². The highest BCUT2D eigenvalue weighted by Gasteiger charge is 2.51. The van der Waals surface area contributed by atoms with Crippen LogP contribution in [0, 0.1) is 45.8 Å². The van der Waals surface area contributed by atoms with Crippen LogP contribution in [0.5, 0.6) is 0 Å². The predicted molar refractivity (Wildman–Crippen MR) is 100 cm³/mol. The van der Waals surface area contributed by atoms with E-state index in [0.717, 1.165) is 17.8 Å². The van der Waals surface area contributed by atoms with Crippen molar-refractivity contribution in [3.05, 3.63) is 41.6 Å². The monoisotopic (exact) mass is 361 g/mol. The molecular weight excluding hydrogens is 338 g/mol. The van der Waals surface area contributed by atoms with Crippen LogP contribution >= 0.6 is 0 Å². The third-order valence-electron chi connectivity index (χ3n) is 6.40. The molecule has 0 saturated heterocycles. The Morgan fingerprint density at radius 3 is 2.37 bits per heavy atom. The number of allylic oxidation sites excluding steroid dienone is 1. The highest BCUT2D eigenvalue weighted by molar-refractivity contribution is 5.90. The minimum absolute atomic E-state index is 0.0233. The van der Waals surface area contributed by atoms with Crippen LogP contribution in [0.3, 0.4) is 0 Å². The number of carbonyl (C=O) groups excluding carboxylic acids is 1. The van der Waals surface area contributed by atoms with Gasteiger partial charge in [-0.1, -0.05) is 6.07 Å². The minimum Gasteiger partial charge on any atom is -0.462 e. The molecule has 5 rings (SSSR count). The van der Waals surface area contributed by atoms with Crippen molar-refractivity contribution in [1.29, 1.82) is 10.5 Å². The van der Waals surface area contributed by atoms with Crippen molar-refractivity contribution >= 4 is 11.7 Å². The van der Waals surface area contributed by atoms with Gasteiger partial charge in [-0.15, -0.1) is 0 Å². The zero-order valence-corrected chi connectivity index (χ0v) is 15.3. The van der Waals surface area contributed by atoms with E-state index >= 15 is 0 Å². The lowest BCUT2D eigenvalue weighted by Crippen LogP contribution is -2.48. The Bertz CT molecular complexity index is 808. The number of nitriles is 2. The highest BCUT2D eigenvalue weighted by Crippen LogP contribution is 2.60. The molecule has 4 saturated carbocycles. The summed E-state index contributed by atoms with van der Waals surface area (Å²) in [7, 11) is 0. The molecule has 0 spiro atoms. The van der Waals surface area contributed by atoms with E-state index in [9.17, 15) is 4.79 Å². The van der Waals surface area contributed by atoms with Crippen molar-refractivity contribution in [3.63, 3.8) is 0 Å². The molecule has 0 atom stereocenters. The maximum atomic E-state index is 12.6. The van der Waals surface area contributed by atoms with Gasteiger partial charge in [0.2, 0.25) is 0 Å². The van der Waals surface area contributed by atoms with Crippen LogP contribution in [-0.4, -0.2) is 12.6 Å². The van der Waals surface area contributed by atoms with E-state index in [2.05, 4.69) is 5.32 Å². The van der Waals surface area contributed by atoms with Crippen molar-refractivity contribution in [2.24, 2.45) is 23.2 Å². The fourth-order valence-electron chi connectivity index (χ4n) is 5.75. The summed E-state index contributed by atoms with van der Waals surface area (Å²) in [6.07, 6.45) is 9.10. The molecule has 4 bridgehead atoms. The van der Waals surface area contributed by atoms with Gasteiger partial charge >= 0.3 is 5.97 Å². The van der Waals surface area contributed by atoms with Crippen LogP contribution in [0.25, 0.3) is 0 Å². The van der Waals surface area contributed by atoms with Crippen LogP contribution in [-0.2, 0) is 4.74 Å².